The van der Waals surface area contributed by atoms with E-state index in [0.29, 0.717) is 4.88 Å². The molecule has 0 radical (unpaired) electrons. The molecule has 0 aliphatic carbocycles. The van der Waals surface area contributed by atoms with Crippen molar-refractivity contribution in [3.63, 3.8) is 0 Å². The Morgan fingerprint density at radius 1 is 1.11 bits per heavy atom. The number of hydrogen-bond acceptors (Lipinski definition) is 3. The van der Waals surface area contributed by atoms with E-state index in [4.69, 9.17) is 0 Å². The zero-order valence-corrected chi connectivity index (χ0v) is 11.7. The summed E-state index contributed by atoms with van der Waals surface area (Å²) >= 11 is 5.61. The van der Waals surface area contributed by atoms with Crippen molar-refractivity contribution in [1.29, 1.82) is 0 Å². The van der Waals surface area contributed by atoms with Gasteiger partial charge in [0.15, 0.2) is 0 Å². The Hall–Kier alpha value is -1.78. The van der Waals surface area contributed by atoms with Crippen LogP contribution in [0.4, 0.5) is 5.69 Å². The van der Waals surface area contributed by atoms with Crippen molar-refractivity contribution in [3.05, 3.63) is 58.8 Å². The maximum absolute atomic E-state index is 12.1. The molecular formula is C15H11NOS2. The van der Waals surface area contributed by atoms with Gasteiger partial charge in [-0.1, -0.05) is 36.4 Å². The molecule has 4 heteroatoms. The van der Waals surface area contributed by atoms with Gasteiger partial charge in [0, 0.05) is 21.3 Å². The Bertz CT molecular complexity index is 743. The van der Waals surface area contributed by atoms with Crippen LogP contribution in [0.1, 0.15) is 9.67 Å². The monoisotopic (exact) mass is 285 g/mol. The highest BCUT2D eigenvalue weighted by molar-refractivity contribution is 7.80. The van der Waals surface area contributed by atoms with E-state index < -0.39 is 0 Å². The van der Waals surface area contributed by atoms with Gasteiger partial charge in [0.1, 0.15) is 0 Å². The van der Waals surface area contributed by atoms with Crippen LogP contribution in [0.5, 0.6) is 0 Å². The second-order valence-corrected chi connectivity index (χ2v) is 5.58. The summed E-state index contributed by atoms with van der Waals surface area (Å²) in [5.74, 6) is -0.0957. The van der Waals surface area contributed by atoms with Gasteiger partial charge in [0.25, 0.3) is 5.91 Å². The van der Waals surface area contributed by atoms with Crippen molar-refractivity contribution in [1.82, 2.24) is 0 Å². The maximum Gasteiger partial charge on any atom is 0.265 e. The summed E-state index contributed by atoms with van der Waals surface area (Å²) in [6.45, 7) is 0. The number of fused-ring (bicyclic) bond motifs is 1. The molecule has 3 aromatic rings. The predicted molar refractivity (Wildman–Crippen MR) is 83.5 cm³/mol. The fourth-order valence-corrected chi connectivity index (χ4v) is 3.01. The van der Waals surface area contributed by atoms with Gasteiger partial charge in [-0.05, 0) is 17.5 Å². The maximum atomic E-state index is 12.1. The number of hydrogen-bond donors (Lipinski definition) is 2. The minimum absolute atomic E-state index is 0.0957. The third kappa shape index (κ3) is 2.50. The molecule has 1 N–H and O–H groups in total. The van der Waals surface area contributed by atoms with E-state index in [1.165, 1.54) is 11.3 Å². The molecule has 1 amide bonds. The van der Waals surface area contributed by atoms with Gasteiger partial charge in [0.05, 0.1) is 4.88 Å². The average Bonchev–Trinajstić information content (AvgIpc) is 2.86. The minimum Gasteiger partial charge on any atom is -0.321 e. The summed E-state index contributed by atoms with van der Waals surface area (Å²) in [4.78, 5) is 13.6. The second-order valence-electron chi connectivity index (χ2n) is 4.15. The fraction of sp³-hybridized carbons (Fsp3) is 0. The van der Waals surface area contributed by atoms with E-state index in [9.17, 15) is 4.79 Å². The standard InChI is InChI=1S/C15H11NOS2/c17-15(14-8-11(18)9-19-14)16-13-7-3-5-10-4-1-2-6-12(10)13/h1-9,18H,(H,16,17). The van der Waals surface area contributed by atoms with E-state index in [1.54, 1.807) is 6.07 Å². The topological polar surface area (TPSA) is 29.1 Å². The summed E-state index contributed by atoms with van der Waals surface area (Å²) in [5.41, 5.74) is 0.831. The Morgan fingerprint density at radius 2 is 1.89 bits per heavy atom. The second kappa shape index (κ2) is 5.07. The molecule has 0 saturated carbocycles. The number of nitrogens with one attached hydrogen (secondary N) is 1. The van der Waals surface area contributed by atoms with Gasteiger partial charge in [-0.15, -0.1) is 24.0 Å². The molecule has 0 aliphatic rings. The molecule has 0 spiro atoms. The van der Waals surface area contributed by atoms with Gasteiger partial charge < -0.3 is 5.32 Å². The number of thiophene rings is 1. The van der Waals surface area contributed by atoms with Gasteiger partial charge in [-0.25, -0.2) is 0 Å². The summed E-state index contributed by atoms with van der Waals surface area (Å²) in [6, 6.07) is 15.6. The Morgan fingerprint density at radius 3 is 2.68 bits per heavy atom. The van der Waals surface area contributed by atoms with Gasteiger partial charge in [-0.3, -0.25) is 4.79 Å². The van der Waals surface area contributed by atoms with Crippen molar-refractivity contribution in [2.24, 2.45) is 0 Å². The largest absolute Gasteiger partial charge is 0.321 e. The lowest BCUT2D eigenvalue weighted by Crippen LogP contribution is -2.10. The minimum atomic E-state index is -0.0957. The van der Waals surface area contributed by atoms with Crippen LogP contribution in [0, 0.1) is 0 Å². The zero-order valence-electron chi connectivity index (χ0n) is 9.96. The number of thiol groups is 1. The average molecular weight is 285 g/mol. The Balaban J connectivity index is 1.95. The number of rotatable bonds is 2. The summed E-state index contributed by atoms with van der Waals surface area (Å²) in [5, 5.41) is 6.96. The number of benzene rings is 2. The number of carbonyl (C=O) groups excluding carboxylic acids is 1. The van der Waals surface area contributed by atoms with E-state index in [-0.39, 0.29) is 5.91 Å². The van der Waals surface area contributed by atoms with Crippen LogP contribution in [0.25, 0.3) is 10.8 Å². The predicted octanol–water partition coefficient (Wildman–Crippen LogP) is 4.44. The highest BCUT2D eigenvalue weighted by atomic mass is 32.1. The Kier molecular flexibility index (Phi) is 3.27. The van der Waals surface area contributed by atoms with Crippen LogP contribution in [0.15, 0.2) is 58.8 Å². The van der Waals surface area contributed by atoms with Crippen LogP contribution in [-0.2, 0) is 0 Å². The molecule has 0 bridgehead atoms. The van der Waals surface area contributed by atoms with E-state index in [2.05, 4.69) is 17.9 Å². The Labute approximate surface area is 120 Å². The normalized spacial score (nSPS) is 10.6. The smallest absolute Gasteiger partial charge is 0.265 e. The number of anilines is 1. The first kappa shape index (κ1) is 12.3. The SMILES string of the molecule is O=C(Nc1cccc2ccccc12)c1cc(S)cs1. The first-order valence-corrected chi connectivity index (χ1v) is 7.13. The molecule has 19 heavy (non-hydrogen) atoms. The van der Waals surface area contributed by atoms with Crippen molar-refractivity contribution in [3.8, 4) is 0 Å². The van der Waals surface area contributed by atoms with Gasteiger partial charge >= 0.3 is 0 Å². The molecule has 2 aromatic carbocycles. The van der Waals surface area contributed by atoms with Crippen molar-refractivity contribution in [2.45, 2.75) is 4.90 Å². The number of amides is 1. The highest BCUT2D eigenvalue weighted by Gasteiger charge is 2.10. The van der Waals surface area contributed by atoms with Crippen molar-refractivity contribution in [2.75, 3.05) is 5.32 Å². The molecule has 1 heterocycles. The van der Waals surface area contributed by atoms with Crippen LogP contribution >= 0.6 is 24.0 Å². The molecule has 94 valence electrons. The molecule has 1 aromatic heterocycles. The first-order valence-electron chi connectivity index (χ1n) is 5.80. The van der Waals surface area contributed by atoms with E-state index in [0.717, 1.165) is 21.4 Å². The first-order chi connectivity index (χ1) is 9.24. The summed E-state index contributed by atoms with van der Waals surface area (Å²) in [6.07, 6.45) is 0. The van der Waals surface area contributed by atoms with Crippen LogP contribution < -0.4 is 5.32 Å². The van der Waals surface area contributed by atoms with Crippen LogP contribution in [0.3, 0.4) is 0 Å². The molecular weight excluding hydrogens is 274 g/mol. The van der Waals surface area contributed by atoms with E-state index >= 15 is 0 Å². The van der Waals surface area contributed by atoms with Gasteiger partial charge in [0.2, 0.25) is 0 Å². The zero-order chi connectivity index (χ0) is 13.2. The molecule has 0 fully saturated rings. The lowest BCUT2D eigenvalue weighted by atomic mass is 10.1. The lowest BCUT2D eigenvalue weighted by molar-refractivity contribution is 0.103. The molecule has 0 atom stereocenters. The van der Waals surface area contributed by atoms with Crippen LogP contribution in [0.2, 0.25) is 0 Å². The molecule has 2 nitrogen and oxygen atoms in total. The molecule has 0 saturated heterocycles. The van der Waals surface area contributed by atoms with E-state index in [1.807, 2.05) is 47.8 Å². The molecule has 0 unspecified atom stereocenters. The number of carbonyl (C=O) groups is 1. The third-order valence-corrected chi connectivity index (χ3v) is 4.21. The summed E-state index contributed by atoms with van der Waals surface area (Å²) in [7, 11) is 0. The fourth-order valence-electron chi connectivity index (χ4n) is 1.96. The van der Waals surface area contributed by atoms with Gasteiger partial charge in [-0.2, -0.15) is 0 Å². The van der Waals surface area contributed by atoms with Crippen LogP contribution in [-0.4, -0.2) is 5.91 Å². The summed E-state index contributed by atoms with van der Waals surface area (Å²) < 4.78 is 0. The quantitative estimate of drug-likeness (QED) is 0.670. The van der Waals surface area contributed by atoms with Crippen molar-refractivity contribution >= 4 is 46.3 Å². The molecule has 3 rings (SSSR count). The third-order valence-electron chi connectivity index (χ3n) is 2.85. The van der Waals surface area contributed by atoms with Crippen molar-refractivity contribution < 1.29 is 4.79 Å². The lowest BCUT2D eigenvalue weighted by Gasteiger charge is -2.07. The molecule has 0 aliphatic heterocycles. The highest BCUT2D eigenvalue weighted by Crippen LogP contribution is 2.25.